The molecule has 250 valence electrons. The minimum Gasteiger partial charge on any atom is -0.494 e. The summed E-state index contributed by atoms with van der Waals surface area (Å²) in [6.07, 6.45) is 8.76. The van der Waals surface area contributed by atoms with E-state index in [0.717, 1.165) is 74.9 Å². The quantitative estimate of drug-likeness (QED) is 0.237. The van der Waals surface area contributed by atoms with Crippen LogP contribution in [0.15, 0.2) is 42.9 Å². The Bertz CT molecular complexity index is 1850. The Hall–Kier alpha value is -3.98. The molecule has 4 heterocycles. The zero-order chi connectivity index (χ0) is 33.1. The third kappa shape index (κ3) is 7.15. The maximum absolute atomic E-state index is 12.6. The van der Waals surface area contributed by atoms with Crippen molar-refractivity contribution >= 4 is 67.2 Å². The van der Waals surface area contributed by atoms with Crippen LogP contribution in [0.3, 0.4) is 0 Å². The van der Waals surface area contributed by atoms with Crippen LogP contribution < -0.4 is 24.6 Å². The summed E-state index contributed by atoms with van der Waals surface area (Å²) in [5.74, 6) is 1.24. The van der Waals surface area contributed by atoms with Crippen LogP contribution in [-0.2, 0) is 21.2 Å². The summed E-state index contributed by atoms with van der Waals surface area (Å²) in [6, 6.07) is 8.25. The molecular weight excluding hydrogens is 642 g/mol. The van der Waals surface area contributed by atoms with Crippen LogP contribution in [0.5, 0.6) is 5.75 Å². The molecule has 0 atom stereocenters. The highest BCUT2D eigenvalue weighted by molar-refractivity contribution is 7.92. The molecule has 2 aromatic heterocycles. The van der Waals surface area contributed by atoms with E-state index in [-0.39, 0.29) is 16.8 Å². The molecule has 0 saturated carbocycles. The molecule has 0 aliphatic carbocycles. The maximum atomic E-state index is 12.6. The van der Waals surface area contributed by atoms with E-state index in [0.29, 0.717) is 34.2 Å². The van der Waals surface area contributed by atoms with Crippen molar-refractivity contribution in [3.05, 3.63) is 53.4 Å². The maximum Gasteiger partial charge on any atom is 0.232 e. The average Bonchev–Trinajstić information content (AvgIpc) is 3.09. The topological polar surface area (TPSA) is 138 Å². The fourth-order valence-corrected chi connectivity index (χ4v) is 6.90. The molecule has 2 saturated heterocycles. The summed E-state index contributed by atoms with van der Waals surface area (Å²) in [5.41, 5.74) is 4.81. The molecule has 2 aliphatic heterocycles. The van der Waals surface area contributed by atoms with Crippen molar-refractivity contribution in [1.82, 2.24) is 24.8 Å². The number of rotatable bonds is 10. The lowest BCUT2D eigenvalue weighted by atomic mass is 10.00. The molecule has 0 bridgehead atoms. The monoisotopic (exact) mass is 681 g/mol. The predicted molar refractivity (Wildman–Crippen MR) is 186 cm³/mol. The van der Waals surface area contributed by atoms with E-state index in [4.69, 9.17) is 21.1 Å². The van der Waals surface area contributed by atoms with Crippen molar-refractivity contribution in [1.29, 1.82) is 0 Å². The third-order valence-corrected chi connectivity index (χ3v) is 10.3. The van der Waals surface area contributed by atoms with Gasteiger partial charge in [-0.2, -0.15) is 4.98 Å². The van der Waals surface area contributed by atoms with Gasteiger partial charge in [0.25, 0.3) is 0 Å². The fourth-order valence-electron chi connectivity index (χ4n) is 6.24. The van der Waals surface area contributed by atoms with Gasteiger partial charge in [-0.05, 0) is 43.0 Å². The number of nitrogens with one attached hydrogen (secondary N) is 2. The first kappa shape index (κ1) is 32.9. The van der Waals surface area contributed by atoms with Crippen molar-refractivity contribution in [2.75, 3.05) is 79.6 Å². The molecule has 13 nitrogen and oxygen atoms in total. The Morgan fingerprint density at radius 2 is 1.79 bits per heavy atom. The minimum atomic E-state index is -3.63. The number of aryl methyl sites for hydroxylation is 1. The van der Waals surface area contributed by atoms with Gasteiger partial charge in [0.15, 0.2) is 5.82 Å². The molecule has 15 heteroatoms. The average molecular weight is 682 g/mol. The van der Waals surface area contributed by atoms with E-state index in [1.165, 1.54) is 30.7 Å². The highest BCUT2D eigenvalue weighted by Gasteiger charge is 2.28. The number of anilines is 6. The van der Waals surface area contributed by atoms with Crippen LogP contribution in [0, 0.1) is 0 Å². The van der Waals surface area contributed by atoms with Gasteiger partial charge in [0.1, 0.15) is 22.0 Å². The van der Waals surface area contributed by atoms with E-state index in [9.17, 15) is 8.42 Å². The van der Waals surface area contributed by atoms with Gasteiger partial charge in [-0.3, -0.25) is 19.2 Å². The molecular formula is C32H40ClN9O4S. The fraction of sp³-hybridized carbons (Fsp3) is 0.438. The van der Waals surface area contributed by atoms with Gasteiger partial charge in [0, 0.05) is 63.4 Å². The second kappa shape index (κ2) is 14.0. The van der Waals surface area contributed by atoms with E-state index in [1.807, 2.05) is 0 Å². The smallest absolute Gasteiger partial charge is 0.232 e. The van der Waals surface area contributed by atoms with Gasteiger partial charge < -0.3 is 25.0 Å². The lowest BCUT2D eigenvalue weighted by Gasteiger charge is -2.41. The third-order valence-electron chi connectivity index (χ3n) is 8.82. The molecule has 0 spiro atoms. The Morgan fingerprint density at radius 1 is 1.04 bits per heavy atom. The Balaban J connectivity index is 1.25. The number of ether oxygens (including phenoxy) is 2. The Labute approximate surface area is 280 Å². The SMILES string of the molecule is CCc1cc(Nc2ncc(Cl)c(Nc3ccc4nccnc4c3N(C)S(C)(=O)=O)n2)c(OC)cc1N1CCC(N2CCOCC2)CC1. The largest absolute Gasteiger partial charge is 0.494 e. The first-order valence-corrected chi connectivity index (χ1v) is 17.9. The van der Waals surface area contributed by atoms with Gasteiger partial charge in [-0.1, -0.05) is 18.5 Å². The number of aromatic nitrogens is 4. The van der Waals surface area contributed by atoms with Gasteiger partial charge in [0.2, 0.25) is 16.0 Å². The van der Waals surface area contributed by atoms with Gasteiger partial charge in [-0.25, -0.2) is 13.4 Å². The van der Waals surface area contributed by atoms with Crippen molar-refractivity contribution in [3.63, 3.8) is 0 Å². The summed E-state index contributed by atoms with van der Waals surface area (Å²) >= 11 is 6.55. The Morgan fingerprint density at radius 3 is 2.49 bits per heavy atom. The molecule has 47 heavy (non-hydrogen) atoms. The molecule has 0 unspecified atom stereocenters. The number of hydrogen-bond acceptors (Lipinski definition) is 12. The van der Waals surface area contributed by atoms with Gasteiger partial charge in [0.05, 0.1) is 49.7 Å². The molecule has 2 fully saturated rings. The Kier molecular flexibility index (Phi) is 9.82. The number of methoxy groups -OCH3 is 1. The molecule has 2 aromatic carbocycles. The van der Waals surface area contributed by atoms with Crippen LogP contribution in [-0.4, -0.2) is 99.1 Å². The van der Waals surface area contributed by atoms with Crippen molar-refractivity contribution in [2.45, 2.75) is 32.2 Å². The van der Waals surface area contributed by atoms with Crippen LogP contribution in [0.2, 0.25) is 5.02 Å². The summed E-state index contributed by atoms with van der Waals surface area (Å²) < 4.78 is 37.7. The number of halogens is 1. The number of morpholine rings is 1. The second-order valence-electron chi connectivity index (χ2n) is 11.7. The summed E-state index contributed by atoms with van der Waals surface area (Å²) in [4.78, 5) is 22.8. The normalized spacial score (nSPS) is 16.3. The van der Waals surface area contributed by atoms with E-state index < -0.39 is 10.0 Å². The molecule has 4 aromatic rings. The van der Waals surface area contributed by atoms with Crippen LogP contribution in [0.1, 0.15) is 25.3 Å². The second-order valence-corrected chi connectivity index (χ2v) is 14.1. The summed E-state index contributed by atoms with van der Waals surface area (Å²) in [5, 5.41) is 6.76. The highest BCUT2D eigenvalue weighted by atomic mass is 35.5. The molecule has 0 amide bonds. The standard InChI is InChI=1S/C32H40ClN9O4S/c1-5-21-18-26(28(45-3)19-27(21)42-12-8-22(9-13-42)41-14-16-46-17-15-41)38-32-36-20-23(33)31(39-32)37-25-7-6-24-29(35-11-10-34-24)30(25)40(2)47(4,43)44/h6-7,10-11,18-20,22H,5,8-9,12-17H2,1-4H3,(H2,36,37,38,39). The van der Waals surface area contributed by atoms with Gasteiger partial charge in [-0.15, -0.1) is 0 Å². The molecule has 2 N–H and O–H groups in total. The lowest BCUT2D eigenvalue weighted by molar-refractivity contribution is 0.0115. The predicted octanol–water partition coefficient (Wildman–Crippen LogP) is 4.83. The number of hydrogen-bond donors (Lipinski definition) is 2. The molecule has 2 aliphatic rings. The van der Waals surface area contributed by atoms with Crippen molar-refractivity contribution < 1.29 is 17.9 Å². The van der Waals surface area contributed by atoms with Crippen LogP contribution in [0.4, 0.5) is 34.5 Å². The summed E-state index contributed by atoms with van der Waals surface area (Å²) in [6.45, 7) is 7.78. The number of sulfonamides is 1. The zero-order valence-electron chi connectivity index (χ0n) is 27.0. The number of fused-ring (bicyclic) bond motifs is 1. The van der Waals surface area contributed by atoms with Crippen molar-refractivity contribution in [2.24, 2.45) is 0 Å². The van der Waals surface area contributed by atoms with E-state index in [2.05, 4.69) is 59.4 Å². The van der Waals surface area contributed by atoms with E-state index >= 15 is 0 Å². The number of piperidine rings is 1. The van der Waals surface area contributed by atoms with Gasteiger partial charge >= 0.3 is 0 Å². The number of benzene rings is 2. The van der Waals surface area contributed by atoms with Crippen molar-refractivity contribution in [3.8, 4) is 5.75 Å². The summed E-state index contributed by atoms with van der Waals surface area (Å²) in [7, 11) is -0.516. The zero-order valence-corrected chi connectivity index (χ0v) is 28.6. The lowest BCUT2D eigenvalue weighted by Crippen LogP contribution is -2.49. The van der Waals surface area contributed by atoms with Crippen LogP contribution >= 0.6 is 11.6 Å². The molecule has 6 rings (SSSR count). The first-order valence-electron chi connectivity index (χ1n) is 15.7. The number of nitrogens with zero attached hydrogens (tertiary/aromatic N) is 7. The van der Waals surface area contributed by atoms with Crippen LogP contribution in [0.25, 0.3) is 11.0 Å². The first-order chi connectivity index (χ1) is 22.7. The minimum absolute atomic E-state index is 0.250. The molecule has 0 radical (unpaired) electrons. The highest BCUT2D eigenvalue weighted by Crippen LogP contribution is 2.39. The van der Waals surface area contributed by atoms with E-state index in [1.54, 1.807) is 25.4 Å².